The second kappa shape index (κ2) is 5.24. The Kier molecular flexibility index (Phi) is 3.28. The minimum absolute atomic E-state index is 0.288. The molecule has 0 saturated carbocycles. The number of imidazole rings is 1. The molecule has 102 valence electrons. The molecule has 5 nitrogen and oxygen atoms in total. The molecule has 0 radical (unpaired) electrons. The van der Waals surface area contributed by atoms with Gasteiger partial charge in [-0.25, -0.2) is 9.37 Å². The Hall–Kier alpha value is -2.50. The summed E-state index contributed by atoms with van der Waals surface area (Å²) in [6.45, 7) is 2.52. The Bertz CT molecular complexity index is 702. The molecular formula is C14H13FN4O. The number of aryl methyl sites for hydroxylation is 1. The van der Waals surface area contributed by atoms with Crippen molar-refractivity contribution in [2.75, 3.05) is 0 Å². The van der Waals surface area contributed by atoms with Crippen LogP contribution in [0.2, 0.25) is 0 Å². The molecule has 1 aromatic carbocycles. The molecule has 0 fully saturated rings. The highest BCUT2D eigenvalue weighted by Crippen LogP contribution is 2.16. The third-order valence-electron chi connectivity index (χ3n) is 2.99. The number of nitrogens with zero attached hydrogens (tertiary/aromatic N) is 4. The van der Waals surface area contributed by atoms with Gasteiger partial charge >= 0.3 is 0 Å². The highest BCUT2D eigenvalue weighted by molar-refractivity contribution is 5.53. The fourth-order valence-electron chi connectivity index (χ4n) is 1.98. The Balaban J connectivity index is 1.82. The Morgan fingerprint density at radius 1 is 1.25 bits per heavy atom. The van der Waals surface area contributed by atoms with Crippen LogP contribution in [-0.4, -0.2) is 19.7 Å². The van der Waals surface area contributed by atoms with Crippen LogP contribution in [0.1, 0.15) is 18.6 Å². The monoisotopic (exact) mass is 272 g/mol. The van der Waals surface area contributed by atoms with E-state index in [1.165, 1.54) is 12.1 Å². The van der Waals surface area contributed by atoms with E-state index in [4.69, 9.17) is 4.52 Å². The summed E-state index contributed by atoms with van der Waals surface area (Å²) in [7, 11) is 0. The van der Waals surface area contributed by atoms with Crippen LogP contribution < -0.4 is 0 Å². The van der Waals surface area contributed by atoms with Gasteiger partial charge < -0.3 is 9.09 Å². The lowest BCUT2D eigenvalue weighted by atomic mass is 10.2. The van der Waals surface area contributed by atoms with Crippen molar-refractivity contribution in [2.24, 2.45) is 0 Å². The van der Waals surface area contributed by atoms with Crippen LogP contribution in [0.3, 0.4) is 0 Å². The minimum Gasteiger partial charge on any atom is -0.337 e. The van der Waals surface area contributed by atoms with Crippen LogP contribution in [-0.2, 0) is 13.0 Å². The lowest BCUT2D eigenvalue weighted by Gasteiger charge is -2.01. The summed E-state index contributed by atoms with van der Waals surface area (Å²) in [5, 5.41) is 3.91. The van der Waals surface area contributed by atoms with Crippen molar-refractivity contribution in [1.29, 1.82) is 0 Å². The Labute approximate surface area is 115 Å². The number of rotatable bonds is 4. The predicted octanol–water partition coefficient (Wildman–Crippen LogP) is 2.68. The summed E-state index contributed by atoms with van der Waals surface area (Å²) in [6, 6.07) is 5.99. The molecule has 0 aliphatic rings. The maximum absolute atomic E-state index is 12.9. The van der Waals surface area contributed by atoms with Gasteiger partial charge in [0.15, 0.2) is 0 Å². The summed E-state index contributed by atoms with van der Waals surface area (Å²) in [5.74, 6) is 1.63. The molecule has 0 amide bonds. The third-order valence-corrected chi connectivity index (χ3v) is 2.99. The smallest absolute Gasteiger partial charge is 0.246 e. The number of hydrogen-bond donors (Lipinski definition) is 0. The van der Waals surface area contributed by atoms with E-state index < -0.39 is 0 Å². The van der Waals surface area contributed by atoms with Gasteiger partial charge in [-0.05, 0) is 24.3 Å². The second-order valence-electron chi connectivity index (χ2n) is 4.34. The van der Waals surface area contributed by atoms with Gasteiger partial charge in [0.1, 0.15) is 18.2 Å². The molecule has 0 N–H and O–H groups in total. The molecule has 0 aliphatic carbocycles. The number of hydrogen-bond acceptors (Lipinski definition) is 4. The van der Waals surface area contributed by atoms with E-state index in [9.17, 15) is 4.39 Å². The van der Waals surface area contributed by atoms with Gasteiger partial charge in [0.25, 0.3) is 0 Å². The first-order valence-corrected chi connectivity index (χ1v) is 6.35. The molecule has 0 bridgehead atoms. The van der Waals surface area contributed by atoms with Crippen molar-refractivity contribution in [3.8, 4) is 11.4 Å². The molecule has 20 heavy (non-hydrogen) atoms. The normalized spacial score (nSPS) is 10.9. The standard InChI is InChI=1S/C14H13FN4O/c1-2-12-16-7-8-19(12)9-13-17-14(18-20-13)10-3-5-11(15)6-4-10/h3-8H,2,9H2,1H3. The molecule has 0 spiro atoms. The molecule has 3 rings (SSSR count). The van der Waals surface area contributed by atoms with Crippen LogP contribution in [0.25, 0.3) is 11.4 Å². The van der Waals surface area contributed by atoms with Crippen molar-refractivity contribution in [3.05, 3.63) is 54.2 Å². The van der Waals surface area contributed by atoms with Gasteiger partial charge in [0.2, 0.25) is 11.7 Å². The van der Waals surface area contributed by atoms with Crippen LogP contribution in [0.4, 0.5) is 4.39 Å². The topological polar surface area (TPSA) is 56.7 Å². The van der Waals surface area contributed by atoms with Gasteiger partial charge in [0, 0.05) is 24.4 Å². The molecule has 0 unspecified atom stereocenters. The molecule has 2 aromatic heterocycles. The van der Waals surface area contributed by atoms with Crippen molar-refractivity contribution >= 4 is 0 Å². The summed E-state index contributed by atoms with van der Waals surface area (Å²) in [5.41, 5.74) is 0.725. The maximum atomic E-state index is 12.9. The van der Waals surface area contributed by atoms with E-state index in [1.807, 2.05) is 17.7 Å². The molecular weight excluding hydrogens is 259 g/mol. The lowest BCUT2D eigenvalue weighted by Crippen LogP contribution is -2.03. The Morgan fingerprint density at radius 3 is 2.80 bits per heavy atom. The maximum Gasteiger partial charge on any atom is 0.246 e. The van der Waals surface area contributed by atoms with Crippen LogP contribution >= 0.6 is 0 Å². The summed E-state index contributed by atoms with van der Waals surface area (Å²) in [6.07, 6.45) is 4.46. The zero-order chi connectivity index (χ0) is 13.9. The second-order valence-corrected chi connectivity index (χ2v) is 4.34. The van der Waals surface area contributed by atoms with Crippen molar-refractivity contribution in [1.82, 2.24) is 19.7 Å². The van der Waals surface area contributed by atoms with Gasteiger partial charge in [-0.2, -0.15) is 4.98 Å². The van der Waals surface area contributed by atoms with E-state index in [-0.39, 0.29) is 5.82 Å². The summed E-state index contributed by atoms with van der Waals surface area (Å²) < 4.78 is 20.0. The summed E-state index contributed by atoms with van der Waals surface area (Å²) in [4.78, 5) is 8.55. The predicted molar refractivity (Wildman–Crippen MR) is 70.4 cm³/mol. The van der Waals surface area contributed by atoms with Gasteiger partial charge in [-0.15, -0.1) is 0 Å². The molecule has 2 heterocycles. The van der Waals surface area contributed by atoms with E-state index in [0.29, 0.717) is 18.3 Å². The molecule has 0 aliphatic heterocycles. The fourth-order valence-corrected chi connectivity index (χ4v) is 1.98. The van der Waals surface area contributed by atoms with Crippen molar-refractivity contribution in [3.63, 3.8) is 0 Å². The summed E-state index contributed by atoms with van der Waals surface area (Å²) >= 11 is 0. The van der Waals surface area contributed by atoms with Gasteiger partial charge in [-0.1, -0.05) is 12.1 Å². The first kappa shape index (κ1) is 12.5. The average Bonchev–Trinajstić information content (AvgIpc) is 3.09. The Morgan fingerprint density at radius 2 is 2.05 bits per heavy atom. The molecule has 0 saturated heterocycles. The first-order chi connectivity index (χ1) is 9.76. The zero-order valence-electron chi connectivity index (χ0n) is 11.0. The van der Waals surface area contributed by atoms with E-state index >= 15 is 0 Å². The number of benzene rings is 1. The van der Waals surface area contributed by atoms with E-state index in [1.54, 1.807) is 18.3 Å². The quantitative estimate of drug-likeness (QED) is 0.732. The third kappa shape index (κ3) is 2.45. The minimum atomic E-state index is -0.288. The first-order valence-electron chi connectivity index (χ1n) is 6.35. The average molecular weight is 272 g/mol. The number of aromatic nitrogens is 4. The van der Waals surface area contributed by atoms with Gasteiger partial charge in [0.05, 0.1) is 0 Å². The highest BCUT2D eigenvalue weighted by Gasteiger charge is 2.10. The van der Waals surface area contributed by atoms with Crippen LogP contribution in [0, 0.1) is 5.82 Å². The SMILES string of the molecule is CCc1nccn1Cc1nc(-c2ccc(F)cc2)no1. The van der Waals surface area contributed by atoms with Crippen LogP contribution in [0.15, 0.2) is 41.2 Å². The number of halogens is 1. The molecule has 0 atom stereocenters. The van der Waals surface area contributed by atoms with Crippen molar-refractivity contribution in [2.45, 2.75) is 19.9 Å². The van der Waals surface area contributed by atoms with E-state index in [2.05, 4.69) is 15.1 Å². The lowest BCUT2D eigenvalue weighted by molar-refractivity contribution is 0.370. The van der Waals surface area contributed by atoms with Gasteiger partial charge in [-0.3, -0.25) is 0 Å². The molecule has 6 heteroatoms. The fraction of sp³-hybridized carbons (Fsp3) is 0.214. The van der Waals surface area contributed by atoms with Crippen LogP contribution in [0.5, 0.6) is 0 Å². The highest BCUT2D eigenvalue weighted by atomic mass is 19.1. The largest absolute Gasteiger partial charge is 0.337 e. The van der Waals surface area contributed by atoms with E-state index in [0.717, 1.165) is 17.8 Å². The zero-order valence-corrected chi connectivity index (χ0v) is 11.0. The molecule has 3 aromatic rings. The van der Waals surface area contributed by atoms with Crippen molar-refractivity contribution < 1.29 is 8.91 Å².